The van der Waals surface area contributed by atoms with Gasteiger partial charge in [-0.3, -0.25) is 0 Å². The predicted molar refractivity (Wildman–Crippen MR) is 18.3 cm³/mol. The molecule has 0 aromatic rings. The second-order valence-corrected chi connectivity index (χ2v) is 0.808. The van der Waals surface area contributed by atoms with E-state index in [2.05, 4.69) is 0 Å². The van der Waals surface area contributed by atoms with Crippen molar-refractivity contribution in [2.75, 3.05) is 0 Å². The zero-order chi connectivity index (χ0) is 5.86. The monoisotopic (exact) mass is 103 g/mol. The molecular formula is C3H3O4-. The lowest BCUT2D eigenvalue weighted by Gasteiger charge is -1.91. The van der Waals surface area contributed by atoms with Crippen LogP contribution in [0.3, 0.4) is 0 Å². The number of rotatable bonds is 1. The third-order valence-electron chi connectivity index (χ3n) is 0.331. The Balaban J connectivity index is 3.82. The first-order valence-electron chi connectivity index (χ1n) is 1.43. The first-order chi connectivity index (χ1) is 3.18. The fraction of sp³-hybridized carbons (Fsp3) is 0. The Bertz CT molecular complexity index is 104. The molecule has 0 rings (SSSR count). The third kappa shape index (κ3) is 1.64. The highest BCUT2D eigenvalue weighted by molar-refractivity contribution is 5.83. The van der Waals surface area contributed by atoms with Crippen LogP contribution in [0.2, 0.25) is 0 Å². The van der Waals surface area contributed by atoms with Gasteiger partial charge < -0.3 is 15.3 Å². The maximum absolute atomic E-state index is 9.41. The van der Waals surface area contributed by atoms with E-state index in [-0.39, 0.29) is 6.26 Å². The maximum atomic E-state index is 9.41. The Hall–Kier alpha value is -1.19. The normalized spacial score (nSPS) is 11.1. The van der Waals surface area contributed by atoms with Crippen LogP contribution in [0.4, 0.5) is 0 Å². The van der Waals surface area contributed by atoms with Gasteiger partial charge in [-0.25, -0.2) is 4.79 Å². The molecule has 2 N–H and O–H groups in total. The van der Waals surface area contributed by atoms with Gasteiger partial charge in [-0.2, -0.15) is 0 Å². The van der Waals surface area contributed by atoms with Crippen molar-refractivity contribution in [2.45, 2.75) is 0 Å². The molecule has 0 aliphatic carbocycles. The van der Waals surface area contributed by atoms with Crippen LogP contribution >= 0.6 is 0 Å². The zero-order valence-electron chi connectivity index (χ0n) is 3.29. The van der Waals surface area contributed by atoms with Gasteiger partial charge in [-0.15, -0.1) is 0 Å². The Morgan fingerprint density at radius 3 is 2.00 bits per heavy atom. The van der Waals surface area contributed by atoms with Gasteiger partial charge >= 0.3 is 5.97 Å². The summed E-state index contributed by atoms with van der Waals surface area (Å²) in [5.41, 5.74) is 0. The highest BCUT2D eigenvalue weighted by atomic mass is 16.4. The lowest BCUT2D eigenvalue weighted by molar-refractivity contribution is -0.278. The highest BCUT2D eigenvalue weighted by Crippen LogP contribution is 1.79. The second kappa shape index (κ2) is 2.07. The van der Waals surface area contributed by atoms with E-state index in [0.29, 0.717) is 0 Å². The molecule has 0 saturated carbocycles. The SMILES string of the molecule is O=C(O)/C(O)=C/[O-]. The van der Waals surface area contributed by atoms with Crippen LogP contribution in [0.5, 0.6) is 0 Å². The molecule has 0 aromatic carbocycles. The number of carboxylic acids is 1. The topological polar surface area (TPSA) is 80.6 Å². The molecule has 0 amide bonds. The average molecular weight is 103 g/mol. The largest absolute Gasteiger partial charge is 0.875 e. The Morgan fingerprint density at radius 2 is 2.00 bits per heavy atom. The summed E-state index contributed by atoms with van der Waals surface area (Å²) in [7, 11) is 0. The Morgan fingerprint density at radius 1 is 1.57 bits per heavy atom. The Labute approximate surface area is 39.3 Å². The van der Waals surface area contributed by atoms with E-state index < -0.39 is 11.7 Å². The first kappa shape index (κ1) is 5.81. The fourth-order valence-corrected chi connectivity index (χ4v) is 0.0504. The van der Waals surface area contributed by atoms with Gasteiger partial charge in [0.1, 0.15) is 0 Å². The van der Waals surface area contributed by atoms with Gasteiger partial charge in [0.15, 0.2) is 5.76 Å². The van der Waals surface area contributed by atoms with Gasteiger partial charge in [0.25, 0.3) is 0 Å². The van der Waals surface area contributed by atoms with Gasteiger partial charge in [-0.1, -0.05) is 6.26 Å². The van der Waals surface area contributed by atoms with Crippen molar-refractivity contribution in [3.8, 4) is 0 Å². The van der Waals surface area contributed by atoms with Gasteiger partial charge in [0.05, 0.1) is 0 Å². The van der Waals surface area contributed by atoms with Crippen LogP contribution in [0, 0.1) is 0 Å². The van der Waals surface area contributed by atoms with E-state index in [1.54, 1.807) is 0 Å². The van der Waals surface area contributed by atoms with Crippen molar-refractivity contribution in [1.29, 1.82) is 0 Å². The number of carbonyl (C=O) groups is 1. The number of hydrogen-bond donors (Lipinski definition) is 2. The third-order valence-corrected chi connectivity index (χ3v) is 0.331. The number of carboxylic acid groups (broad SMARTS) is 1. The van der Waals surface area contributed by atoms with Crippen LogP contribution in [-0.4, -0.2) is 16.2 Å². The molecule has 4 heteroatoms. The van der Waals surface area contributed by atoms with Crippen LogP contribution < -0.4 is 5.11 Å². The van der Waals surface area contributed by atoms with Crippen molar-refractivity contribution in [3.05, 3.63) is 12.0 Å². The lowest BCUT2D eigenvalue weighted by atomic mass is 10.6. The molecule has 4 nitrogen and oxygen atoms in total. The number of aliphatic hydroxyl groups is 1. The zero-order valence-corrected chi connectivity index (χ0v) is 3.29. The maximum Gasteiger partial charge on any atom is 0.369 e. The van der Waals surface area contributed by atoms with E-state index in [1.165, 1.54) is 0 Å². The summed E-state index contributed by atoms with van der Waals surface area (Å²) in [6, 6.07) is 0. The van der Waals surface area contributed by atoms with Crippen molar-refractivity contribution in [1.82, 2.24) is 0 Å². The molecule has 0 fully saturated rings. The highest BCUT2D eigenvalue weighted by Gasteiger charge is 1.95. The lowest BCUT2D eigenvalue weighted by Crippen LogP contribution is -2.03. The average Bonchev–Trinajstić information content (AvgIpc) is 1.65. The van der Waals surface area contributed by atoms with Gasteiger partial charge in [0, 0.05) is 0 Å². The van der Waals surface area contributed by atoms with Gasteiger partial charge in [0.2, 0.25) is 0 Å². The van der Waals surface area contributed by atoms with E-state index in [9.17, 15) is 9.90 Å². The van der Waals surface area contributed by atoms with E-state index in [4.69, 9.17) is 10.2 Å². The van der Waals surface area contributed by atoms with Crippen molar-refractivity contribution in [2.24, 2.45) is 0 Å². The quantitative estimate of drug-likeness (QED) is 0.323. The van der Waals surface area contributed by atoms with Crippen molar-refractivity contribution < 1.29 is 20.1 Å². The molecule has 0 radical (unpaired) electrons. The molecule has 0 bridgehead atoms. The molecule has 0 atom stereocenters. The second-order valence-electron chi connectivity index (χ2n) is 0.808. The van der Waals surface area contributed by atoms with E-state index in [0.717, 1.165) is 0 Å². The summed E-state index contributed by atoms with van der Waals surface area (Å²) in [5.74, 6) is -2.77. The molecule has 7 heavy (non-hydrogen) atoms. The minimum atomic E-state index is -1.60. The molecular weight excluding hydrogens is 100 g/mol. The summed E-state index contributed by atoms with van der Waals surface area (Å²) in [4.78, 5) is 9.41. The number of aliphatic hydroxyl groups excluding tert-OH is 1. The number of aliphatic carboxylic acids is 1. The van der Waals surface area contributed by atoms with E-state index in [1.807, 2.05) is 0 Å². The van der Waals surface area contributed by atoms with Crippen molar-refractivity contribution in [3.63, 3.8) is 0 Å². The van der Waals surface area contributed by atoms with E-state index >= 15 is 0 Å². The molecule has 0 unspecified atom stereocenters. The molecule has 0 aromatic heterocycles. The minimum absolute atomic E-state index is 0.137. The van der Waals surface area contributed by atoms with Crippen LogP contribution in [0.25, 0.3) is 0 Å². The molecule has 0 heterocycles. The predicted octanol–water partition coefficient (Wildman–Crippen LogP) is -1.17. The molecule has 0 saturated heterocycles. The molecule has 0 aliphatic rings. The summed E-state index contributed by atoms with van der Waals surface area (Å²) in [6.07, 6.45) is -0.137. The first-order valence-corrected chi connectivity index (χ1v) is 1.43. The van der Waals surface area contributed by atoms with Crippen LogP contribution in [-0.2, 0) is 4.79 Å². The molecule has 0 spiro atoms. The Kier molecular flexibility index (Phi) is 1.72. The minimum Gasteiger partial charge on any atom is -0.875 e. The summed E-state index contributed by atoms with van der Waals surface area (Å²) in [6.45, 7) is 0. The van der Waals surface area contributed by atoms with Crippen LogP contribution in [0.15, 0.2) is 12.0 Å². The number of hydrogen-bond acceptors (Lipinski definition) is 3. The van der Waals surface area contributed by atoms with Gasteiger partial charge in [-0.05, 0) is 0 Å². The van der Waals surface area contributed by atoms with Crippen LogP contribution in [0.1, 0.15) is 0 Å². The summed E-state index contributed by atoms with van der Waals surface area (Å²) < 4.78 is 0. The molecule has 0 aliphatic heterocycles. The molecule has 40 valence electrons. The summed E-state index contributed by atoms with van der Waals surface area (Å²) >= 11 is 0. The van der Waals surface area contributed by atoms with Crippen molar-refractivity contribution >= 4 is 5.97 Å². The summed E-state index contributed by atoms with van der Waals surface area (Å²) in [5, 5.41) is 24.8. The smallest absolute Gasteiger partial charge is 0.369 e. The fourth-order valence-electron chi connectivity index (χ4n) is 0.0504. The standard InChI is InChI=1S/C3H4O4/c4-1-2(5)3(6)7/h1,4-5H,(H,6,7)/p-1/b2-1-.